The van der Waals surface area contributed by atoms with Crippen molar-refractivity contribution < 1.29 is 9.90 Å². The Balaban J connectivity index is 1.46. The van der Waals surface area contributed by atoms with Crippen molar-refractivity contribution in [3.8, 4) is 5.75 Å². The number of carbonyl (C=O) groups is 1. The van der Waals surface area contributed by atoms with E-state index in [9.17, 15) is 9.90 Å². The third-order valence-electron chi connectivity index (χ3n) is 5.21. The first-order valence-electron chi connectivity index (χ1n) is 9.52. The van der Waals surface area contributed by atoms with Crippen LogP contribution in [0.25, 0.3) is 0 Å². The summed E-state index contributed by atoms with van der Waals surface area (Å²) in [5, 5.41) is 12.9. The van der Waals surface area contributed by atoms with Gasteiger partial charge in [0.05, 0.1) is 0 Å². The van der Waals surface area contributed by atoms with E-state index in [0.717, 1.165) is 31.5 Å². The number of benzene rings is 1. The largest absolute Gasteiger partial charge is 0.508 e. The minimum atomic E-state index is 0.198. The number of hydrogen-bond donors (Lipinski definition) is 2. The summed E-state index contributed by atoms with van der Waals surface area (Å²) in [6.07, 6.45) is 10.4. The first kappa shape index (κ1) is 17.3. The average molecular weight is 330 g/mol. The van der Waals surface area contributed by atoms with Crippen LogP contribution in [0.15, 0.2) is 24.3 Å². The van der Waals surface area contributed by atoms with Gasteiger partial charge >= 0.3 is 0 Å². The minimum absolute atomic E-state index is 0.198. The second-order valence-corrected chi connectivity index (χ2v) is 7.38. The summed E-state index contributed by atoms with van der Waals surface area (Å²) >= 11 is 0. The van der Waals surface area contributed by atoms with Crippen LogP contribution in [-0.2, 0) is 11.3 Å². The van der Waals surface area contributed by atoms with E-state index in [1.165, 1.54) is 38.5 Å². The normalized spacial score (nSPS) is 19.2. The second kappa shape index (κ2) is 8.52. The molecule has 1 aromatic carbocycles. The Morgan fingerprint density at radius 1 is 1.12 bits per heavy atom. The van der Waals surface area contributed by atoms with E-state index < -0.39 is 0 Å². The Morgan fingerprint density at radius 2 is 1.88 bits per heavy atom. The molecule has 2 N–H and O–H groups in total. The highest BCUT2D eigenvalue weighted by molar-refractivity contribution is 5.76. The van der Waals surface area contributed by atoms with Crippen molar-refractivity contribution in [3.63, 3.8) is 0 Å². The van der Waals surface area contributed by atoms with E-state index in [2.05, 4.69) is 10.2 Å². The van der Waals surface area contributed by atoms with Gasteiger partial charge in [-0.2, -0.15) is 0 Å². The molecule has 1 amide bonds. The predicted molar refractivity (Wildman–Crippen MR) is 95.8 cm³/mol. The van der Waals surface area contributed by atoms with E-state index in [1.807, 2.05) is 18.2 Å². The number of aromatic hydroxyl groups is 1. The first-order valence-corrected chi connectivity index (χ1v) is 9.52. The lowest BCUT2D eigenvalue weighted by Gasteiger charge is -2.23. The summed E-state index contributed by atoms with van der Waals surface area (Å²) < 4.78 is 0. The zero-order valence-electron chi connectivity index (χ0n) is 14.5. The standard InChI is InChI=1S/C20H30N2O2/c23-19-9-5-6-16(14-19)15-22(18-10-11-18)13-12-20(24)21-17-7-3-1-2-4-8-17/h5-6,9,14,17-18,23H,1-4,7-8,10-13,15H2,(H,21,24). The Bertz CT molecular complexity index is 534. The Morgan fingerprint density at radius 3 is 2.54 bits per heavy atom. The van der Waals surface area contributed by atoms with Gasteiger partial charge in [-0.1, -0.05) is 37.8 Å². The number of phenolic OH excluding ortho intramolecular Hbond substituents is 1. The molecule has 2 aliphatic rings. The number of amides is 1. The highest BCUT2D eigenvalue weighted by Gasteiger charge is 2.29. The fraction of sp³-hybridized carbons (Fsp3) is 0.650. The van der Waals surface area contributed by atoms with Gasteiger partial charge in [0.15, 0.2) is 0 Å². The predicted octanol–water partition coefficient (Wildman–Crippen LogP) is 3.59. The Kier molecular flexibility index (Phi) is 6.13. The van der Waals surface area contributed by atoms with Crippen LogP contribution >= 0.6 is 0 Å². The van der Waals surface area contributed by atoms with Crippen molar-refractivity contribution in [1.29, 1.82) is 0 Å². The van der Waals surface area contributed by atoms with Gasteiger partial charge in [0, 0.05) is 31.6 Å². The summed E-state index contributed by atoms with van der Waals surface area (Å²) in [7, 11) is 0. The van der Waals surface area contributed by atoms with Gasteiger partial charge in [-0.15, -0.1) is 0 Å². The highest BCUT2D eigenvalue weighted by Crippen LogP contribution is 2.29. The molecule has 0 unspecified atom stereocenters. The number of phenols is 1. The molecule has 24 heavy (non-hydrogen) atoms. The molecule has 0 atom stereocenters. The first-order chi connectivity index (χ1) is 11.7. The molecule has 0 aliphatic heterocycles. The molecule has 0 saturated heterocycles. The molecule has 0 spiro atoms. The highest BCUT2D eigenvalue weighted by atomic mass is 16.3. The van der Waals surface area contributed by atoms with E-state index in [4.69, 9.17) is 0 Å². The third-order valence-corrected chi connectivity index (χ3v) is 5.21. The van der Waals surface area contributed by atoms with Gasteiger partial charge in [-0.3, -0.25) is 9.69 Å². The van der Waals surface area contributed by atoms with Crippen molar-refractivity contribution in [2.45, 2.75) is 76.4 Å². The van der Waals surface area contributed by atoms with Gasteiger partial charge in [0.25, 0.3) is 0 Å². The fourth-order valence-corrected chi connectivity index (χ4v) is 3.69. The van der Waals surface area contributed by atoms with Crippen molar-refractivity contribution in [1.82, 2.24) is 10.2 Å². The van der Waals surface area contributed by atoms with Crippen molar-refractivity contribution in [3.05, 3.63) is 29.8 Å². The lowest BCUT2D eigenvalue weighted by atomic mass is 10.1. The molecule has 4 heteroatoms. The van der Waals surface area contributed by atoms with Gasteiger partial charge in [0.2, 0.25) is 5.91 Å². The molecule has 2 fully saturated rings. The van der Waals surface area contributed by atoms with Gasteiger partial charge in [-0.05, 0) is 43.4 Å². The molecule has 0 radical (unpaired) electrons. The Labute approximate surface area is 145 Å². The topological polar surface area (TPSA) is 52.6 Å². The molecular weight excluding hydrogens is 300 g/mol. The molecule has 132 valence electrons. The third kappa shape index (κ3) is 5.52. The maximum atomic E-state index is 12.3. The van der Waals surface area contributed by atoms with Crippen LogP contribution in [0, 0.1) is 0 Å². The van der Waals surface area contributed by atoms with E-state index in [0.29, 0.717) is 24.3 Å². The molecule has 3 rings (SSSR count). The number of nitrogens with one attached hydrogen (secondary N) is 1. The van der Waals surface area contributed by atoms with Crippen LogP contribution in [-0.4, -0.2) is 34.5 Å². The lowest BCUT2D eigenvalue weighted by molar-refractivity contribution is -0.122. The fourth-order valence-electron chi connectivity index (χ4n) is 3.69. The quantitative estimate of drug-likeness (QED) is 0.751. The summed E-state index contributed by atoms with van der Waals surface area (Å²) in [6.45, 7) is 1.62. The van der Waals surface area contributed by atoms with E-state index in [-0.39, 0.29) is 5.91 Å². The van der Waals surface area contributed by atoms with Crippen molar-refractivity contribution in [2.75, 3.05) is 6.54 Å². The second-order valence-electron chi connectivity index (χ2n) is 7.38. The molecular formula is C20H30N2O2. The molecule has 0 bridgehead atoms. The maximum absolute atomic E-state index is 12.3. The monoisotopic (exact) mass is 330 g/mol. The Hall–Kier alpha value is -1.55. The number of hydrogen-bond acceptors (Lipinski definition) is 3. The molecule has 4 nitrogen and oxygen atoms in total. The minimum Gasteiger partial charge on any atom is -0.508 e. The average Bonchev–Trinajstić information content (AvgIpc) is 3.39. The van der Waals surface area contributed by atoms with Gasteiger partial charge < -0.3 is 10.4 Å². The summed E-state index contributed by atoms with van der Waals surface area (Å²) in [5.41, 5.74) is 1.12. The molecule has 2 saturated carbocycles. The molecule has 2 aliphatic carbocycles. The van der Waals surface area contributed by atoms with Crippen molar-refractivity contribution >= 4 is 5.91 Å². The summed E-state index contributed by atoms with van der Waals surface area (Å²) in [4.78, 5) is 14.7. The zero-order chi connectivity index (χ0) is 16.8. The van der Waals surface area contributed by atoms with Gasteiger partial charge in [-0.25, -0.2) is 0 Å². The molecule has 0 aromatic heterocycles. The van der Waals surface area contributed by atoms with Crippen LogP contribution in [0.1, 0.15) is 63.4 Å². The van der Waals surface area contributed by atoms with Crippen molar-refractivity contribution in [2.24, 2.45) is 0 Å². The van der Waals surface area contributed by atoms with Crippen LogP contribution < -0.4 is 5.32 Å². The number of rotatable bonds is 7. The number of carbonyl (C=O) groups excluding carboxylic acids is 1. The lowest BCUT2D eigenvalue weighted by Crippen LogP contribution is -2.37. The van der Waals surface area contributed by atoms with E-state index >= 15 is 0 Å². The van der Waals surface area contributed by atoms with Crippen LogP contribution in [0.3, 0.4) is 0 Å². The van der Waals surface area contributed by atoms with Crippen LogP contribution in [0.2, 0.25) is 0 Å². The molecule has 0 heterocycles. The number of nitrogens with zero attached hydrogens (tertiary/aromatic N) is 1. The van der Waals surface area contributed by atoms with Gasteiger partial charge in [0.1, 0.15) is 5.75 Å². The van der Waals surface area contributed by atoms with Crippen LogP contribution in [0.5, 0.6) is 5.75 Å². The maximum Gasteiger partial charge on any atom is 0.221 e. The smallest absolute Gasteiger partial charge is 0.221 e. The summed E-state index contributed by atoms with van der Waals surface area (Å²) in [6, 6.07) is 8.44. The van der Waals surface area contributed by atoms with E-state index in [1.54, 1.807) is 6.07 Å². The SMILES string of the molecule is O=C(CCN(Cc1cccc(O)c1)C1CC1)NC1CCCCCC1. The summed E-state index contributed by atoms with van der Waals surface area (Å²) in [5.74, 6) is 0.512. The zero-order valence-corrected chi connectivity index (χ0v) is 14.5. The molecule has 1 aromatic rings. The van der Waals surface area contributed by atoms with Crippen LogP contribution in [0.4, 0.5) is 0 Å².